The van der Waals surface area contributed by atoms with Crippen LogP contribution >= 0.6 is 0 Å². The minimum absolute atomic E-state index is 0.0285. The highest BCUT2D eigenvalue weighted by Crippen LogP contribution is 2.31. The molecule has 0 aliphatic heterocycles. The summed E-state index contributed by atoms with van der Waals surface area (Å²) in [6.07, 6.45) is -1.15. The summed E-state index contributed by atoms with van der Waals surface area (Å²) in [5.74, 6) is -0.837. The van der Waals surface area contributed by atoms with Gasteiger partial charge in [0.15, 0.2) is 12.7 Å². The Hall–Kier alpha value is -3.42. The van der Waals surface area contributed by atoms with Crippen LogP contribution in [0.25, 0.3) is 0 Å². The Labute approximate surface area is 169 Å². The first-order valence-electron chi connectivity index (χ1n) is 9.05. The van der Waals surface area contributed by atoms with Crippen LogP contribution < -0.4 is 10.1 Å². The lowest BCUT2D eigenvalue weighted by Gasteiger charge is -2.22. The minimum Gasteiger partial charge on any atom is -0.482 e. The van der Waals surface area contributed by atoms with Crippen LogP contribution in [-0.4, -0.2) is 29.5 Å². The number of amides is 1. The molecule has 0 aromatic heterocycles. The number of anilines is 1. The zero-order valence-electron chi connectivity index (χ0n) is 16.8. The summed E-state index contributed by atoms with van der Waals surface area (Å²) in [6, 6.07) is 13.1. The lowest BCUT2D eigenvalue weighted by atomic mass is 9.86. The predicted octanol–water partition coefficient (Wildman–Crippen LogP) is 3.84. The van der Waals surface area contributed by atoms with Crippen molar-refractivity contribution in [1.82, 2.24) is 0 Å². The third-order valence-electron chi connectivity index (χ3n) is 4.08. The number of nitro benzene ring substituents is 1. The monoisotopic (exact) mass is 400 g/mol. The molecular formula is C21H24N2O6. The van der Waals surface area contributed by atoms with Crippen LogP contribution in [0.15, 0.2) is 48.5 Å². The molecule has 154 valence electrons. The van der Waals surface area contributed by atoms with E-state index in [9.17, 15) is 19.7 Å². The predicted molar refractivity (Wildman–Crippen MR) is 108 cm³/mol. The van der Waals surface area contributed by atoms with Crippen molar-refractivity contribution in [3.63, 3.8) is 0 Å². The van der Waals surface area contributed by atoms with Crippen LogP contribution in [0.5, 0.6) is 5.75 Å². The molecule has 0 fully saturated rings. The Morgan fingerprint density at radius 3 is 2.38 bits per heavy atom. The number of hydrogen-bond donors (Lipinski definition) is 1. The first-order chi connectivity index (χ1) is 13.6. The Kier molecular flexibility index (Phi) is 6.93. The van der Waals surface area contributed by atoms with Crippen molar-refractivity contribution < 1.29 is 24.0 Å². The van der Waals surface area contributed by atoms with Gasteiger partial charge in [0.05, 0.1) is 4.92 Å². The molecule has 1 atom stereocenters. The van der Waals surface area contributed by atoms with E-state index in [0.29, 0.717) is 5.75 Å². The highest BCUT2D eigenvalue weighted by atomic mass is 16.6. The van der Waals surface area contributed by atoms with Crippen LogP contribution in [0.3, 0.4) is 0 Å². The van der Waals surface area contributed by atoms with E-state index in [0.717, 1.165) is 5.56 Å². The topological polar surface area (TPSA) is 108 Å². The smallest absolute Gasteiger partial charge is 0.344 e. The van der Waals surface area contributed by atoms with E-state index in [1.54, 1.807) is 18.2 Å². The van der Waals surface area contributed by atoms with E-state index < -0.39 is 22.9 Å². The number of carbonyl (C=O) groups excluding carboxylic acids is 2. The molecule has 0 unspecified atom stereocenters. The maximum Gasteiger partial charge on any atom is 0.344 e. The third-order valence-corrected chi connectivity index (χ3v) is 4.08. The fourth-order valence-corrected chi connectivity index (χ4v) is 2.61. The molecule has 0 aliphatic rings. The highest BCUT2D eigenvalue weighted by Gasteiger charge is 2.23. The van der Waals surface area contributed by atoms with Crippen molar-refractivity contribution in [2.75, 3.05) is 11.9 Å². The van der Waals surface area contributed by atoms with Gasteiger partial charge in [0.2, 0.25) is 0 Å². The molecule has 0 saturated carbocycles. The fourth-order valence-electron chi connectivity index (χ4n) is 2.61. The van der Waals surface area contributed by atoms with E-state index in [1.165, 1.54) is 25.1 Å². The van der Waals surface area contributed by atoms with Crippen LogP contribution in [0.1, 0.15) is 33.3 Å². The number of nitro groups is 1. The van der Waals surface area contributed by atoms with E-state index in [4.69, 9.17) is 9.47 Å². The summed E-state index contributed by atoms with van der Waals surface area (Å²) in [5.41, 5.74) is 0.551. The number of esters is 1. The molecule has 0 radical (unpaired) electrons. The molecule has 1 amide bonds. The first kappa shape index (κ1) is 21.9. The molecule has 0 bridgehead atoms. The summed E-state index contributed by atoms with van der Waals surface area (Å²) in [5, 5.41) is 13.4. The molecule has 29 heavy (non-hydrogen) atoms. The fraction of sp³-hybridized carbons (Fsp3) is 0.333. The van der Waals surface area contributed by atoms with Gasteiger partial charge in [-0.2, -0.15) is 0 Å². The number of nitrogens with one attached hydrogen (secondary N) is 1. The molecule has 0 heterocycles. The number of rotatable bonds is 7. The summed E-state index contributed by atoms with van der Waals surface area (Å²) in [7, 11) is 0. The van der Waals surface area contributed by atoms with E-state index >= 15 is 0 Å². The van der Waals surface area contributed by atoms with Gasteiger partial charge >= 0.3 is 5.97 Å². The van der Waals surface area contributed by atoms with Crippen molar-refractivity contribution >= 4 is 23.3 Å². The Morgan fingerprint density at radius 2 is 1.72 bits per heavy atom. The van der Waals surface area contributed by atoms with Gasteiger partial charge in [0.1, 0.15) is 11.4 Å². The molecule has 0 saturated heterocycles. The summed E-state index contributed by atoms with van der Waals surface area (Å²) >= 11 is 0. The van der Waals surface area contributed by atoms with Crippen molar-refractivity contribution in [3.05, 3.63) is 64.2 Å². The standard InChI is InChI=1S/C21H24N2O6/c1-14(20(25)22-16-10-6-7-11-17(16)23(26)27)29-19(24)13-28-18-12-8-5-9-15(18)21(2,3)4/h5-12,14H,13H2,1-4H3,(H,22,25)/t14-/m1/s1. The van der Waals surface area contributed by atoms with E-state index in [-0.39, 0.29) is 23.4 Å². The number of ether oxygens (including phenoxy) is 2. The maximum absolute atomic E-state index is 12.2. The molecule has 8 heteroatoms. The van der Waals surface area contributed by atoms with Crippen molar-refractivity contribution in [3.8, 4) is 5.75 Å². The molecule has 2 aromatic rings. The second-order valence-corrected chi connectivity index (χ2v) is 7.43. The molecule has 2 aromatic carbocycles. The number of para-hydroxylation sites is 3. The first-order valence-corrected chi connectivity index (χ1v) is 9.05. The second kappa shape index (κ2) is 9.18. The molecule has 1 N–H and O–H groups in total. The lowest BCUT2D eigenvalue weighted by Crippen LogP contribution is -2.32. The normalized spacial score (nSPS) is 12.0. The van der Waals surface area contributed by atoms with Gasteiger partial charge in [-0.25, -0.2) is 4.79 Å². The highest BCUT2D eigenvalue weighted by molar-refractivity contribution is 5.96. The van der Waals surface area contributed by atoms with Crippen molar-refractivity contribution in [2.45, 2.75) is 39.2 Å². The zero-order valence-corrected chi connectivity index (χ0v) is 16.8. The van der Waals surface area contributed by atoms with Gasteiger partial charge < -0.3 is 14.8 Å². The number of benzene rings is 2. The van der Waals surface area contributed by atoms with Gasteiger partial charge in [0, 0.05) is 6.07 Å². The van der Waals surface area contributed by atoms with Gasteiger partial charge in [-0.15, -0.1) is 0 Å². The van der Waals surface area contributed by atoms with Gasteiger partial charge in [-0.05, 0) is 30.0 Å². The SMILES string of the molecule is C[C@@H](OC(=O)COc1ccccc1C(C)(C)C)C(=O)Nc1ccccc1[N+](=O)[O-]. The zero-order chi connectivity index (χ0) is 21.6. The number of carbonyl (C=O) groups is 2. The van der Waals surface area contributed by atoms with Crippen LogP contribution in [0, 0.1) is 10.1 Å². The Balaban J connectivity index is 1.95. The number of hydrogen-bond acceptors (Lipinski definition) is 6. The summed E-state index contributed by atoms with van der Waals surface area (Å²) in [6.45, 7) is 7.11. The largest absolute Gasteiger partial charge is 0.482 e. The lowest BCUT2D eigenvalue weighted by molar-refractivity contribution is -0.383. The van der Waals surface area contributed by atoms with Crippen molar-refractivity contribution in [1.29, 1.82) is 0 Å². The summed E-state index contributed by atoms with van der Waals surface area (Å²) < 4.78 is 10.7. The maximum atomic E-state index is 12.2. The second-order valence-electron chi connectivity index (χ2n) is 7.43. The van der Waals surface area contributed by atoms with E-state index in [1.807, 2.05) is 32.9 Å². The van der Waals surface area contributed by atoms with Gasteiger partial charge in [0.25, 0.3) is 11.6 Å². The van der Waals surface area contributed by atoms with E-state index in [2.05, 4.69) is 5.32 Å². The minimum atomic E-state index is -1.15. The number of nitrogens with zero attached hydrogens (tertiary/aromatic N) is 1. The average Bonchev–Trinajstić information content (AvgIpc) is 2.66. The van der Waals surface area contributed by atoms with Crippen LogP contribution in [-0.2, 0) is 19.7 Å². The quantitative estimate of drug-likeness (QED) is 0.430. The molecule has 8 nitrogen and oxygen atoms in total. The van der Waals surface area contributed by atoms with Gasteiger partial charge in [-0.1, -0.05) is 51.1 Å². The molecule has 0 spiro atoms. The third kappa shape index (κ3) is 6.03. The average molecular weight is 400 g/mol. The van der Waals surface area contributed by atoms with Gasteiger partial charge in [-0.3, -0.25) is 14.9 Å². The summed E-state index contributed by atoms with van der Waals surface area (Å²) in [4.78, 5) is 34.7. The van der Waals surface area contributed by atoms with Crippen LogP contribution in [0.2, 0.25) is 0 Å². The van der Waals surface area contributed by atoms with Crippen LogP contribution in [0.4, 0.5) is 11.4 Å². The van der Waals surface area contributed by atoms with Crippen molar-refractivity contribution in [2.24, 2.45) is 0 Å². The Morgan fingerprint density at radius 1 is 1.10 bits per heavy atom. The Bertz CT molecular complexity index is 904. The molecule has 0 aliphatic carbocycles. The molecular weight excluding hydrogens is 376 g/mol. The molecule has 2 rings (SSSR count).